The van der Waals surface area contributed by atoms with E-state index in [1.807, 2.05) is 24.3 Å². The van der Waals surface area contributed by atoms with Crippen LogP contribution in [0.25, 0.3) is 0 Å². The molecule has 19 heavy (non-hydrogen) atoms. The first-order valence-corrected chi connectivity index (χ1v) is 6.70. The van der Waals surface area contributed by atoms with Crippen molar-refractivity contribution in [2.45, 2.75) is 26.2 Å². The molecule has 0 aliphatic carbocycles. The number of Topliss-reactive ketones (excluding diaryl/α,β-unsaturated/α-hetero) is 1. The minimum atomic E-state index is 0. The van der Waals surface area contributed by atoms with Crippen LogP contribution in [0.2, 0.25) is 0 Å². The predicted molar refractivity (Wildman–Crippen MR) is 79.4 cm³/mol. The lowest BCUT2D eigenvalue weighted by Gasteiger charge is -2.22. The van der Waals surface area contributed by atoms with E-state index in [4.69, 9.17) is 4.74 Å². The van der Waals surface area contributed by atoms with Crippen molar-refractivity contribution in [3.63, 3.8) is 0 Å². The highest BCUT2D eigenvalue weighted by molar-refractivity contribution is 5.94. The largest absolute Gasteiger partial charge is 0.494 e. The van der Waals surface area contributed by atoms with Gasteiger partial charge in [0, 0.05) is 5.56 Å². The summed E-state index contributed by atoms with van der Waals surface area (Å²) in [7, 11) is 0. The van der Waals surface area contributed by atoms with E-state index in [1.165, 1.54) is 12.8 Å². The van der Waals surface area contributed by atoms with Gasteiger partial charge in [-0.3, -0.25) is 4.79 Å². The van der Waals surface area contributed by atoms with Gasteiger partial charge in [-0.25, -0.2) is 0 Å². The summed E-state index contributed by atoms with van der Waals surface area (Å²) in [5, 5.41) is 3.37. The van der Waals surface area contributed by atoms with E-state index < -0.39 is 0 Å². The smallest absolute Gasteiger partial charge is 0.159 e. The minimum Gasteiger partial charge on any atom is -0.494 e. The third-order valence-corrected chi connectivity index (χ3v) is 3.51. The Balaban J connectivity index is 0.00000180. The summed E-state index contributed by atoms with van der Waals surface area (Å²) in [4.78, 5) is 11.1. The summed E-state index contributed by atoms with van der Waals surface area (Å²) in [5.41, 5.74) is 0.737. The van der Waals surface area contributed by atoms with Crippen molar-refractivity contribution in [2.75, 3.05) is 19.7 Å². The van der Waals surface area contributed by atoms with Crippen LogP contribution >= 0.6 is 12.4 Å². The minimum absolute atomic E-state index is 0. The maximum atomic E-state index is 11.1. The van der Waals surface area contributed by atoms with Crippen molar-refractivity contribution in [3.05, 3.63) is 29.8 Å². The van der Waals surface area contributed by atoms with Crippen molar-refractivity contribution < 1.29 is 9.53 Å². The second-order valence-electron chi connectivity index (χ2n) is 4.91. The van der Waals surface area contributed by atoms with Gasteiger partial charge in [0.05, 0.1) is 6.61 Å². The Labute approximate surface area is 121 Å². The zero-order valence-electron chi connectivity index (χ0n) is 11.4. The number of ether oxygens (including phenoxy) is 1. The van der Waals surface area contributed by atoms with Crippen molar-refractivity contribution in [1.82, 2.24) is 5.32 Å². The van der Waals surface area contributed by atoms with Crippen LogP contribution in [-0.2, 0) is 0 Å². The summed E-state index contributed by atoms with van der Waals surface area (Å²) in [6.45, 7) is 4.62. The molecule has 0 saturated carbocycles. The molecule has 1 saturated heterocycles. The molecule has 106 valence electrons. The Morgan fingerprint density at radius 3 is 2.47 bits per heavy atom. The molecule has 0 spiro atoms. The predicted octanol–water partition coefficient (Wildman–Crippen LogP) is 3.08. The van der Waals surface area contributed by atoms with Crippen molar-refractivity contribution >= 4 is 18.2 Å². The fraction of sp³-hybridized carbons (Fsp3) is 0.533. The van der Waals surface area contributed by atoms with Gasteiger partial charge in [-0.05, 0) is 69.5 Å². The Morgan fingerprint density at radius 2 is 1.89 bits per heavy atom. The first-order valence-electron chi connectivity index (χ1n) is 6.70. The zero-order valence-corrected chi connectivity index (χ0v) is 12.2. The molecule has 1 N–H and O–H groups in total. The van der Waals surface area contributed by atoms with Gasteiger partial charge in [0.25, 0.3) is 0 Å². The average Bonchev–Trinajstić information content (AvgIpc) is 2.40. The lowest BCUT2D eigenvalue weighted by atomic mass is 9.95. The van der Waals surface area contributed by atoms with Gasteiger partial charge < -0.3 is 10.1 Å². The molecule has 0 unspecified atom stereocenters. The second kappa shape index (κ2) is 8.18. The molecule has 3 nitrogen and oxygen atoms in total. The lowest BCUT2D eigenvalue weighted by molar-refractivity contribution is 0.101. The van der Waals surface area contributed by atoms with Crippen LogP contribution in [-0.4, -0.2) is 25.5 Å². The topological polar surface area (TPSA) is 38.3 Å². The molecule has 1 aliphatic rings. The number of nitrogens with one attached hydrogen (secondary N) is 1. The molecule has 2 rings (SSSR count). The third-order valence-electron chi connectivity index (χ3n) is 3.51. The highest BCUT2D eigenvalue weighted by Gasteiger charge is 2.12. The summed E-state index contributed by atoms with van der Waals surface area (Å²) < 4.78 is 5.71. The van der Waals surface area contributed by atoms with Gasteiger partial charge in [0.15, 0.2) is 5.78 Å². The Bertz CT molecular complexity index is 386. The van der Waals surface area contributed by atoms with Crippen molar-refractivity contribution in [1.29, 1.82) is 0 Å². The number of benzene rings is 1. The van der Waals surface area contributed by atoms with Crippen LogP contribution in [0.4, 0.5) is 0 Å². The van der Waals surface area contributed by atoms with E-state index in [9.17, 15) is 4.79 Å². The van der Waals surface area contributed by atoms with Crippen LogP contribution in [0.1, 0.15) is 36.5 Å². The molecule has 1 aliphatic heterocycles. The van der Waals surface area contributed by atoms with Crippen LogP contribution in [0.15, 0.2) is 24.3 Å². The maximum Gasteiger partial charge on any atom is 0.159 e. The normalized spacial score (nSPS) is 15.6. The molecule has 0 amide bonds. The zero-order chi connectivity index (χ0) is 12.8. The monoisotopic (exact) mass is 283 g/mol. The summed E-state index contributed by atoms with van der Waals surface area (Å²) in [5.74, 6) is 1.74. The average molecular weight is 284 g/mol. The first kappa shape index (κ1) is 16.0. The van der Waals surface area contributed by atoms with E-state index in [0.717, 1.165) is 43.3 Å². The van der Waals surface area contributed by atoms with Gasteiger partial charge in [-0.2, -0.15) is 0 Å². The van der Waals surface area contributed by atoms with Crippen LogP contribution in [0.3, 0.4) is 0 Å². The molecule has 1 fully saturated rings. The Hall–Kier alpha value is -1.06. The number of halogens is 1. The highest BCUT2D eigenvalue weighted by atomic mass is 35.5. The molecule has 0 aromatic heterocycles. The summed E-state index contributed by atoms with van der Waals surface area (Å²) in [6, 6.07) is 7.39. The van der Waals surface area contributed by atoms with Gasteiger partial charge in [0.1, 0.15) is 5.75 Å². The number of hydrogen-bond donors (Lipinski definition) is 1. The number of piperidine rings is 1. The number of carbonyl (C=O) groups excluding carboxylic acids is 1. The molecule has 0 bridgehead atoms. The molecule has 0 radical (unpaired) electrons. The molecule has 1 aromatic rings. The van der Waals surface area contributed by atoms with Gasteiger partial charge in [-0.15, -0.1) is 12.4 Å². The molecule has 0 atom stereocenters. The van der Waals surface area contributed by atoms with Gasteiger partial charge in [-0.1, -0.05) is 0 Å². The van der Waals surface area contributed by atoms with E-state index in [2.05, 4.69) is 5.32 Å². The molecular formula is C15H22ClNO2. The number of rotatable bonds is 5. The van der Waals surface area contributed by atoms with E-state index in [0.29, 0.717) is 0 Å². The van der Waals surface area contributed by atoms with Gasteiger partial charge in [0.2, 0.25) is 0 Å². The van der Waals surface area contributed by atoms with E-state index in [1.54, 1.807) is 6.92 Å². The summed E-state index contributed by atoms with van der Waals surface area (Å²) >= 11 is 0. The third kappa shape index (κ3) is 5.21. The summed E-state index contributed by atoms with van der Waals surface area (Å²) in [6.07, 6.45) is 3.63. The lowest BCUT2D eigenvalue weighted by Crippen LogP contribution is -2.28. The number of ketones is 1. The van der Waals surface area contributed by atoms with Gasteiger partial charge >= 0.3 is 0 Å². The Kier molecular flexibility index (Phi) is 6.89. The molecular weight excluding hydrogens is 262 g/mol. The maximum absolute atomic E-state index is 11.1. The van der Waals surface area contributed by atoms with Crippen molar-refractivity contribution in [3.8, 4) is 5.75 Å². The van der Waals surface area contributed by atoms with E-state index in [-0.39, 0.29) is 18.2 Å². The highest BCUT2D eigenvalue weighted by Crippen LogP contribution is 2.18. The first-order chi connectivity index (χ1) is 8.75. The number of hydrogen-bond acceptors (Lipinski definition) is 3. The quantitative estimate of drug-likeness (QED) is 0.844. The fourth-order valence-corrected chi connectivity index (χ4v) is 2.30. The molecule has 1 heterocycles. The molecule has 4 heteroatoms. The van der Waals surface area contributed by atoms with Crippen LogP contribution < -0.4 is 10.1 Å². The SMILES string of the molecule is CC(=O)c1ccc(OCCC2CCNCC2)cc1.Cl. The fourth-order valence-electron chi connectivity index (χ4n) is 2.30. The standard InChI is InChI=1S/C15H21NO2.ClH/c1-12(17)14-2-4-15(5-3-14)18-11-8-13-6-9-16-10-7-13;/h2-5,13,16H,6-11H2,1H3;1H. The second-order valence-corrected chi connectivity index (χ2v) is 4.91. The van der Waals surface area contributed by atoms with Crippen LogP contribution in [0, 0.1) is 5.92 Å². The van der Waals surface area contributed by atoms with Crippen LogP contribution in [0.5, 0.6) is 5.75 Å². The van der Waals surface area contributed by atoms with E-state index >= 15 is 0 Å². The Morgan fingerprint density at radius 1 is 1.26 bits per heavy atom. The van der Waals surface area contributed by atoms with Crippen molar-refractivity contribution in [2.24, 2.45) is 5.92 Å². The molecule has 1 aromatic carbocycles. The number of carbonyl (C=O) groups is 1.